The molecule has 1 aromatic carbocycles. The van der Waals surface area contributed by atoms with E-state index in [-0.39, 0.29) is 30.2 Å². The van der Waals surface area contributed by atoms with Crippen LogP contribution in [0.15, 0.2) is 41.6 Å². The first-order valence-electron chi connectivity index (χ1n) is 7.72. The molecule has 0 saturated carbocycles. The van der Waals surface area contributed by atoms with Crippen LogP contribution in [0.25, 0.3) is 11.2 Å². The summed E-state index contributed by atoms with van der Waals surface area (Å²) < 4.78 is 39.4. The highest BCUT2D eigenvalue weighted by Crippen LogP contribution is 2.33. The van der Waals surface area contributed by atoms with Crippen molar-refractivity contribution in [1.29, 1.82) is 0 Å². The maximum absolute atomic E-state index is 12.8. The number of halogens is 3. The van der Waals surface area contributed by atoms with Gasteiger partial charge >= 0.3 is 17.9 Å². The summed E-state index contributed by atoms with van der Waals surface area (Å²) >= 11 is 0. The highest BCUT2D eigenvalue weighted by Gasteiger charge is 2.36. The second kappa shape index (κ2) is 5.68. The summed E-state index contributed by atoms with van der Waals surface area (Å²) in [5, 5.41) is 0. The van der Waals surface area contributed by atoms with Crippen LogP contribution in [-0.2, 0) is 6.18 Å². The molecule has 3 aromatic rings. The highest BCUT2D eigenvalue weighted by atomic mass is 19.4. The number of aromatic amines is 1. The lowest BCUT2D eigenvalue weighted by Crippen LogP contribution is -2.51. The number of fused-ring (bicyclic) bond motifs is 1. The molecule has 0 atom stereocenters. The molecule has 0 unspecified atom stereocenters. The van der Waals surface area contributed by atoms with E-state index < -0.39 is 23.5 Å². The van der Waals surface area contributed by atoms with Gasteiger partial charge in [0.2, 0.25) is 0 Å². The van der Waals surface area contributed by atoms with Crippen LogP contribution in [0.3, 0.4) is 0 Å². The minimum Gasteiger partial charge on any atom is -0.323 e. The SMILES string of the molecule is O=C(N1CC(c2cccc(C(F)(F)F)c2)C1)n1c(=O)[nH]c2ncncc21. The molecular formula is C16H12F3N5O2. The number of aromatic nitrogens is 4. The van der Waals surface area contributed by atoms with Crippen molar-refractivity contribution in [3.63, 3.8) is 0 Å². The summed E-state index contributed by atoms with van der Waals surface area (Å²) in [7, 11) is 0. The number of imidazole rings is 1. The average Bonchev–Trinajstić information content (AvgIpc) is 2.88. The Morgan fingerprint density at radius 3 is 2.77 bits per heavy atom. The third-order valence-electron chi connectivity index (χ3n) is 4.39. The van der Waals surface area contributed by atoms with Gasteiger partial charge in [-0.25, -0.2) is 24.1 Å². The first-order valence-corrected chi connectivity index (χ1v) is 7.72. The van der Waals surface area contributed by atoms with E-state index in [1.54, 1.807) is 6.07 Å². The fraction of sp³-hybridized carbons (Fsp3) is 0.250. The van der Waals surface area contributed by atoms with Gasteiger partial charge in [0.05, 0.1) is 11.8 Å². The number of carbonyl (C=O) groups excluding carboxylic acids is 1. The van der Waals surface area contributed by atoms with Crippen LogP contribution >= 0.6 is 0 Å². The number of likely N-dealkylation sites (tertiary alicyclic amines) is 1. The number of rotatable bonds is 1. The fourth-order valence-corrected chi connectivity index (χ4v) is 2.99. The molecule has 0 aliphatic carbocycles. The summed E-state index contributed by atoms with van der Waals surface area (Å²) in [6, 6.07) is 4.51. The molecular weight excluding hydrogens is 351 g/mol. The van der Waals surface area contributed by atoms with Gasteiger partial charge in [-0.2, -0.15) is 13.2 Å². The summed E-state index contributed by atoms with van der Waals surface area (Å²) in [5.74, 6) is -0.210. The zero-order chi connectivity index (χ0) is 18.5. The van der Waals surface area contributed by atoms with E-state index in [1.165, 1.54) is 23.5 Å². The van der Waals surface area contributed by atoms with Crippen LogP contribution < -0.4 is 5.69 Å². The van der Waals surface area contributed by atoms with Gasteiger partial charge in [-0.05, 0) is 11.6 Å². The van der Waals surface area contributed by atoms with Crippen molar-refractivity contribution in [2.24, 2.45) is 0 Å². The van der Waals surface area contributed by atoms with Crippen molar-refractivity contribution in [2.45, 2.75) is 12.1 Å². The second-order valence-electron chi connectivity index (χ2n) is 6.03. The number of amides is 1. The van der Waals surface area contributed by atoms with Gasteiger partial charge in [0.25, 0.3) is 0 Å². The Morgan fingerprint density at radius 2 is 2.04 bits per heavy atom. The third kappa shape index (κ3) is 2.63. The number of hydrogen-bond donors (Lipinski definition) is 1. The second-order valence-corrected chi connectivity index (χ2v) is 6.03. The molecule has 26 heavy (non-hydrogen) atoms. The van der Waals surface area contributed by atoms with Crippen LogP contribution in [0.5, 0.6) is 0 Å². The van der Waals surface area contributed by atoms with Gasteiger partial charge in [0.1, 0.15) is 11.8 Å². The maximum Gasteiger partial charge on any atom is 0.416 e. The molecule has 10 heteroatoms. The van der Waals surface area contributed by atoms with Gasteiger partial charge in [0, 0.05) is 19.0 Å². The van der Waals surface area contributed by atoms with E-state index >= 15 is 0 Å². The van der Waals surface area contributed by atoms with Gasteiger partial charge in [-0.1, -0.05) is 18.2 Å². The molecule has 0 spiro atoms. The topological polar surface area (TPSA) is 83.9 Å². The van der Waals surface area contributed by atoms with E-state index in [2.05, 4.69) is 15.0 Å². The molecule has 1 aliphatic heterocycles. The van der Waals surface area contributed by atoms with Crippen LogP contribution in [0.2, 0.25) is 0 Å². The van der Waals surface area contributed by atoms with Crippen molar-refractivity contribution in [1.82, 2.24) is 24.4 Å². The van der Waals surface area contributed by atoms with Crippen molar-refractivity contribution < 1.29 is 18.0 Å². The number of H-pyrrole nitrogens is 1. The Bertz CT molecular complexity index is 1050. The molecule has 1 saturated heterocycles. The van der Waals surface area contributed by atoms with Crippen molar-refractivity contribution in [3.8, 4) is 0 Å². The zero-order valence-corrected chi connectivity index (χ0v) is 13.2. The highest BCUT2D eigenvalue weighted by molar-refractivity contribution is 5.87. The third-order valence-corrected chi connectivity index (χ3v) is 4.39. The molecule has 134 valence electrons. The molecule has 3 heterocycles. The Labute approximate surface area is 144 Å². The average molecular weight is 363 g/mol. The van der Waals surface area contributed by atoms with Gasteiger partial charge in [0.15, 0.2) is 5.65 Å². The van der Waals surface area contributed by atoms with Crippen LogP contribution in [0, 0.1) is 0 Å². The fourth-order valence-electron chi connectivity index (χ4n) is 2.99. The Kier molecular flexibility index (Phi) is 3.56. The summed E-state index contributed by atoms with van der Waals surface area (Å²) in [4.78, 5) is 36.1. The number of hydrogen-bond acceptors (Lipinski definition) is 4. The molecule has 2 aromatic heterocycles. The predicted octanol–water partition coefficient (Wildman–Crippen LogP) is 2.21. The normalized spacial score (nSPS) is 15.3. The number of nitrogens with zero attached hydrogens (tertiary/aromatic N) is 4. The zero-order valence-electron chi connectivity index (χ0n) is 13.2. The van der Waals surface area contributed by atoms with Crippen molar-refractivity contribution in [3.05, 3.63) is 58.4 Å². The lowest BCUT2D eigenvalue weighted by molar-refractivity contribution is -0.137. The summed E-state index contributed by atoms with van der Waals surface area (Å²) in [6.45, 7) is 0.458. The lowest BCUT2D eigenvalue weighted by Gasteiger charge is -2.39. The lowest BCUT2D eigenvalue weighted by atomic mass is 9.90. The van der Waals surface area contributed by atoms with Gasteiger partial charge < -0.3 is 4.90 Å². The van der Waals surface area contributed by atoms with E-state index in [4.69, 9.17) is 0 Å². The minimum absolute atomic E-state index is 0.210. The number of nitrogens with one attached hydrogen (secondary N) is 1. The van der Waals surface area contributed by atoms with Gasteiger partial charge in [-0.15, -0.1) is 0 Å². The predicted molar refractivity (Wildman–Crippen MR) is 84.7 cm³/mol. The van der Waals surface area contributed by atoms with Crippen LogP contribution in [0.4, 0.5) is 18.0 Å². The molecule has 0 radical (unpaired) electrons. The Hall–Kier alpha value is -3.17. The minimum atomic E-state index is -4.41. The number of alkyl halides is 3. The monoisotopic (exact) mass is 363 g/mol. The first kappa shape index (κ1) is 16.3. The molecule has 0 bridgehead atoms. The van der Waals surface area contributed by atoms with E-state index in [1.807, 2.05) is 0 Å². The summed E-state index contributed by atoms with van der Waals surface area (Å²) in [6.07, 6.45) is -1.81. The molecule has 4 rings (SSSR count). The number of benzene rings is 1. The maximum atomic E-state index is 12.8. The van der Waals surface area contributed by atoms with Crippen molar-refractivity contribution >= 4 is 17.2 Å². The van der Waals surface area contributed by atoms with E-state index in [9.17, 15) is 22.8 Å². The van der Waals surface area contributed by atoms with Crippen LogP contribution in [-0.4, -0.2) is 43.5 Å². The van der Waals surface area contributed by atoms with E-state index in [0.717, 1.165) is 16.7 Å². The molecule has 1 amide bonds. The molecule has 1 aliphatic rings. The number of carbonyl (C=O) groups is 1. The molecule has 7 nitrogen and oxygen atoms in total. The molecule has 1 N–H and O–H groups in total. The molecule has 1 fully saturated rings. The summed E-state index contributed by atoms with van der Waals surface area (Å²) in [5.41, 5.74) is -0.338. The van der Waals surface area contributed by atoms with Crippen LogP contribution in [0.1, 0.15) is 17.0 Å². The quantitative estimate of drug-likeness (QED) is 0.718. The largest absolute Gasteiger partial charge is 0.416 e. The standard InChI is InChI=1S/C16H12F3N5O2/c17-16(18,19)11-3-1-2-9(4-11)10-6-23(7-10)15(26)24-12-5-20-8-21-13(12)22-14(24)25/h1-5,8,10H,6-7H2,(H,20,21,22,25). The smallest absolute Gasteiger partial charge is 0.323 e. The first-order chi connectivity index (χ1) is 12.3. The van der Waals surface area contributed by atoms with E-state index in [0.29, 0.717) is 5.56 Å². The van der Waals surface area contributed by atoms with Gasteiger partial charge in [-0.3, -0.25) is 4.98 Å². The Balaban J connectivity index is 1.54. The Morgan fingerprint density at radius 1 is 1.27 bits per heavy atom. The van der Waals surface area contributed by atoms with Crippen molar-refractivity contribution in [2.75, 3.05) is 13.1 Å².